The van der Waals surface area contributed by atoms with Gasteiger partial charge in [0.2, 0.25) is 5.91 Å². The molecule has 1 aliphatic heterocycles. The van der Waals surface area contributed by atoms with Crippen molar-refractivity contribution in [3.8, 4) is 0 Å². The van der Waals surface area contributed by atoms with Crippen molar-refractivity contribution < 1.29 is 9.53 Å². The van der Waals surface area contributed by atoms with Crippen LogP contribution in [0.5, 0.6) is 0 Å². The van der Waals surface area contributed by atoms with Crippen LogP contribution in [0.3, 0.4) is 0 Å². The van der Waals surface area contributed by atoms with Crippen LogP contribution < -0.4 is 10.6 Å². The molecule has 2 rings (SSSR count). The van der Waals surface area contributed by atoms with E-state index in [1.54, 1.807) is 0 Å². The van der Waals surface area contributed by atoms with Crippen molar-refractivity contribution in [3.05, 3.63) is 29.8 Å². The summed E-state index contributed by atoms with van der Waals surface area (Å²) < 4.78 is 5.74. The van der Waals surface area contributed by atoms with Gasteiger partial charge in [-0.1, -0.05) is 19.1 Å². The van der Waals surface area contributed by atoms with Gasteiger partial charge in [0, 0.05) is 5.69 Å². The maximum atomic E-state index is 11.9. The zero-order chi connectivity index (χ0) is 14.2. The van der Waals surface area contributed by atoms with Crippen LogP contribution in [0.4, 0.5) is 5.69 Å². The summed E-state index contributed by atoms with van der Waals surface area (Å²) in [6.45, 7) is 4.64. The predicted molar refractivity (Wildman–Crippen MR) is 80.9 cm³/mol. The van der Waals surface area contributed by atoms with Crippen LogP contribution in [0.1, 0.15) is 31.7 Å². The van der Waals surface area contributed by atoms with E-state index in [9.17, 15) is 4.79 Å². The Balaban J connectivity index is 1.69. The van der Waals surface area contributed by atoms with Crippen molar-refractivity contribution in [1.29, 1.82) is 0 Å². The minimum atomic E-state index is 0.0205. The predicted octanol–water partition coefficient (Wildman–Crippen LogP) is 2.35. The molecule has 1 amide bonds. The number of anilines is 1. The first-order valence-electron chi connectivity index (χ1n) is 7.49. The molecule has 2 N–H and O–H groups in total. The molecule has 1 aliphatic rings. The van der Waals surface area contributed by atoms with Crippen LogP contribution in [-0.2, 0) is 16.0 Å². The molecule has 0 spiro atoms. The Hall–Kier alpha value is -1.39. The van der Waals surface area contributed by atoms with Crippen molar-refractivity contribution >= 4 is 11.6 Å². The number of piperidine rings is 1. The van der Waals surface area contributed by atoms with Crippen molar-refractivity contribution in [3.63, 3.8) is 0 Å². The first-order valence-corrected chi connectivity index (χ1v) is 7.49. The second-order valence-electron chi connectivity index (χ2n) is 5.17. The Bertz CT molecular complexity index is 428. The van der Waals surface area contributed by atoms with Crippen LogP contribution in [0.2, 0.25) is 0 Å². The fourth-order valence-electron chi connectivity index (χ4n) is 2.37. The van der Waals surface area contributed by atoms with E-state index in [1.807, 2.05) is 18.2 Å². The van der Waals surface area contributed by atoms with Crippen molar-refractivity contribution in [2.24, 2.45) is 0 Å². The van der Waals surface area contributed by atoms with Gasteiger partial charge >= 0.3 is 0 Å². The third kappa shape index (κ3) is 4.94. The summed E-state index contributed by atoms with van der Waals surface area (Å²) in [7, 11) is 0. The number of amides is 1. The molecule has 1 aromatic carbocycles. The molecular weight excluding hydrogens is 252 g/mol. The average Bonchev–Trinajstić information content (AvgIpc) is 2.48. The summed E-state index contributed by atoms with van der Waals surface area (Å²) in [6.07, 6.45) is 3.79. The van der Waals surface area contributed by atoms with Gasteiger partial charge in [-0.15, -0.1) is 0 Å². The molecule has 110 valence electrons. The zero-order valence-corrected chi connectivity index (χ0v) is 12.2. The lowest BCUT2D eigenvalue weighted by Gasteiger charge is -2.22. The Morgan fingerprint density at radius 2 is 2.20 bits per heavy atom. The summed E-state index contributed by atoms with van der Waals surface area (Å²) >= 11 is 0. The highest BCUT2D eigenvalue weighted by Crippen LogP contribution is 2.12. The molecule has 1 aromatic rings. The molecule has 1 fully saturated rings. The SMILES string of the molecule is CCc1cccc(NC(=O)CCOC2CCNCC2)c1. The maximum absolute atomic E-state index is 11.9. The quantitative estimate of drug-likeness (QED) is 0.838. The van der Waals surface area contributed by atoms with E-state index >= 15 is 0 Å². The average molecular weight is 276 g/mol. The van der Waals surface area contributed by atoms with E-state index in [4.69, 9.17) is 4.74 Å². The van der Waals surface area contributed by atoms with Crippen LogP contribution in [0.25, 0.3) is 0 Å². The molecular formula is C16H24N2O2. The molecule has 0 saturated carbocycles. The fraction of sp³-hybridized carbons (Fsp3) is 0.562. The third-order valence-electron chi connectivity index (χ3n) is 3.59. The van der Waals surface area contributed by atoms with E-state index in [1.165, 1.54) is 5.56 Å². The maximum Gasteiger partial charge on any atom is 0.226 e. The summed E-state index contributed by atoms with van der Waals surface area (Å²) in [5.74, 6) is 0.0205. The van der Waals surface area contributed by atoms with Crippen LogP contribution in [0.15, 0.2) is 24.3 Å². The highest BCUT2D eigenvalue weighted by Gasteiger charge is 2.13. The van der Waals surface area contributed by atoms with Gasteiger partial charge in [0.15, 0.2) is 0 Å². The van der Waals surface area contributed by atoms with E-state index < -0.39 is 0 Å². The zero-order valence-electron chi connectivity index (χ0n) is 12.2. The Morgan fingerprint density at radius 3 is 2.95 bits per heavy atom. The normalized spacial score (nSPS) is 16.1. The number of benzene rings is 1. The lowest BCUT2D eigenvalue weighted by molar-refractivity contribution is -0.117. The van der Waals surface area contributed by atoms with Gasteiger partial charge in [-0.25, -0.2) is 0 Å². The second-order valence-corrected chi connectivity index (χ2v) is 5.17. The first kappa shape index (κ1) is 15.0. The minimum absolute atomic E-state index is 0.0205. The van der Waals surface area contributed by atoms with E-state index in [0.717, 1.165) is 38.0 Å². The van der Waals surface area contributed by atoms with Gasteiger partial charge in [-0.05, 0) is 50.0 Å². The molecule has 0 atom stereocenters. The smallest absolute Gasteiger partial charge is 0.226 e. The highest BCUT2D eigenvalue weighted by atomic mass is 16.5. The third-order valence-corrected chi connectivity index (χ3v) is 3.59. The number of carbonyl (C=O) groups is 1. The van der Waals surface area contributed by atoms with Gasteiger partial charge in [0.05, 0.1) is 19.1 Å². The van der Waals surface area contributed by atoms with Gasteiger partial charge in [0.25, 0.3) is 0 Å². The molecule has 20 heavy (non-hydrogen) atoms. The number of rotatable bonds is 6. The summed E-state index contributed by atoms with van der Waals surface area (Å²) in [6, 6.07) is 7.98. The minimum Gasteiger partial charge on any atom is -0.378 e. The second kappa shape index (κ2) is 8.02. The lowest BCUT2D eigenvalue weighted by Crippen LogP contribution is -2.33. The summed E-state index contributed by atoms with van der Waals surface area (Å²) in [5, 5.41) is 6.22. The summed E-state index contributed by atoms with van der Waals surface area (Å²) in [5.41, 5.74) is 2.10. The molecule has 1 heterocycles. The van der Waals surface area contributed by atoms with Crippen LogP contribution in [-0.4, -0.2) is 31.7 Å². The molecule has 0 aliphatic carbocycles. The molecule has 0 aromatic heterocycles. The standard InChI is InChI=1S/C16H24N2O2/c1-2-13-4-3-5-14(12-13)18-16(19)8-11-20-15-6-9-17-10-7-15/h3-5,12,15,17H,2,6-11H2,1H3,(H,18,19). The molecule has 0 bridgehead atoms. The van der Waals surface area contributed by atoms with Gasteiger partial charge in [-0.2, -0.15) is 0 Å². The van der Waals surface area contributed by atoms with Crippen LogP contribution >= 0.6 is 0 Å². The summed E-state index contributed by atoms with van der Waals surface area (Å²) in [4.78, 5) is 11.9. The van der Waals surface area contributed by atoms with Crippen LogP contribution in [0, 0.1) is 0 Å². The van der Waals surface area contributed by atoms with E-state index in [0.29, 0.717) is 19.1 Å². The first-order chi connectivity index (χ1) is 9.78. The van der Waals surface area contributed by atoms with Gasteiger partial charge in [0.1, 0.15) is 0 Å². The Morgan fingerprint density at radius 1 is 1.40 bits per heavy atom. The molecule has 0 radical (unpaired) electrons. The van der Waals surface area contributed by atoms with Crippen molar-refractivity contribution in [2.75, 3.05) is 25.0 Å². The van der Waals surface area contributed by atoms with Gasteiger partial charge < -0.3 is 15.4 Å². The Labute approximate surface area is 120 Å². The largest absolute Gasteiger partial charge is 0.378 e. The van der Waals surface area contributed by atoms with Crippen molar-refractivity contribution in [2.45, 2.75) is 38.7 Å². The van der Waals surface area contributed by atoms with Gasteiger partial charge in [-0.3, -0.25) is 4.79 Å². The fourth-order valence-corrected chi connectivity index (χ4v) is 2.37. The van der Waals surface area contributed by atoms with E-state index in [2.05, 4.69) is 23.6 Å². The Kier molecular flexibility index (Phi) is 6.02. The topological polar surface area (TPSA) is 50.4 Å². The number of carbonyl (C=O) groups excluding carboxylic acids is 1. The molecule has 0 unspecified atom stereocenters. The molecule has 4 nitrogen and oxygen atoms in total. The number of hydrogen-bond donors (Lipinski definition) is 2. The van der Waals surface area contributed by atoms with Crippen molar-refractivity contribution in [1.82, 2.24) is 5.32 Å². The molecule has 1 saturated heterocycles. The lowest BCUT2D eigenvalue weighted by atomic mass is 10.1. The monoisotopic (exact) mass is 276 g/mol. The number of hydrogen-bond acceptors (Lipinski definition) is 3. The molecule has 4 heteroatoms. The number of nitrogens with one attached hydrogen (secondary N) is 2. The van der Waals surface area contributed by atoms with E-state index in [-0.39, 0.29) is 5.91 Å². The number of aryl methyl sites for hydroxylation is 1. The highest BCUT2D eigenvalue weighted by molar-refractivity contribution is 5.90. The number of ether oxygens (including phenoxy) is 1.